The SMILES string of the molecule is CC(CNC(=O)c1ccccc1O)(CC(O)c1cc(-c2ccnc3ccccc23)no1)S(C)(=O)=O. The van der Waals surface area contributed by atoms with Gasteiger partial charge in [-0.25, -0.2) is 8.42 Å². The smallest absolute Gasteiger partial charge is 0.255 e. The molecule has 0 aliphatic heterocycles. The van der Waals surface area contributed by atoms with Crippen LogP contribution in [0.25, 0.3) is 22.2 Å². The normalized spacial score (nSPS) is 14.4. The Morgan fingerprint density at radius 3 is 2.60 bits per heavy atom. The average molecular weight is 496 g/mol. The van der Waals surface area contributed by atoms with Gasteiger partial charge in [0.25, 0.3) is 5.91 Å². The molecular weight excluding hydrogens is 470 g/mol. The van der Waals surface area contributed by atoms with Gasteiger partial charge < -0.3 is 20.1 Å². The van der Waals surface area contributed by atoms with Crippen LogP contribution < -0.4 is 5.32 Å². The molecule has 182 valence electrons. The summed E-state index contributed by atoms with van der Waals surface area (Å²) in [7, 11) is -3.74. The quantitative estimate of drug-likeness (QED) is 0.338. The van der Waals surface area contributed by atoms with Crippen molar-refractivity contribution in [3.05, 3.63) is 78.2 Å². The monoisotopic (exact) mass is 495 g/mol. The molecule has 1 amide bonds. The van der Waals surface area contributed by atoms with E-state index in [0.29, 0.717) is 5.69 Å². The van der Waals surface area contributed by atoms with Crippen molar-refractivity contribution in [3.63, 3.8) is 0 Å². The third-order valence-electron chi connectivity index (χ3n) is 6.07. The largest absolute Gasteiger partial charge is 0.507 e. The minimum absolute atomic E-state index is 0.0216. The number of nitrogens with one attached hydrogen (secondary N) is 1. The van der Waals surface area contributed by atoms with E-state index in [0.717, 1.165) is 22.7 Å². The first kappa shape index (κ1) is 24.4. The molecule has 2 heterocycles. The number of carbonyl (C=O) groups is 1. The van der Waals surface area contributed by atoms with Gasteiger partial charge in [0, 0.05) is 42.4 Å². The summed E-state index contributed by atoms with van der Waals surface area (Å²) in [4.78, 5) is 16.8. The van der Waals surface area contributed by atoms with E-state index in [2.05, 4.69) is 15.5 Å². The number of phenols is 1. The predicted octanol–water partition coefficient (Wildman–Crippen LogP) is 3.25. The minimum Gasteiger partial charge on any atom is -0.507 e. The standard InChI is InChI=1S/C25H25N3O6S/c1-25(35(2,32)33,15-27-24(31)18-8-4-6-10-21(18)29)14-22(30)23-13-20(28-34-23)17-11-12-26-19-9-5-3-7-16(17)19/h3-13,22,29-30H,14-15H2,1-2H3,(H,27,31). The zero-order chi connectivity index (χ0) is 25.2. The number of aromatic nitrogens is 2. The maximum absolute atomic E-state index is 12.6. The summed E-state index contributed by atoms with van der Waals surface area (Å²) >= 11 is 0. The Morgan fingerprint density at radius 1 is 1.14 bits per heavy atom. The minimum atomic E-state index is -3.74. The van der Waals surface area contributed by atoms with Crippen LogP contribution in [0.3, 0.4) is 0 Å². The van der Waals surface area contributed by atoms with Crippen molar-refractivity contribution in [2.45, 2.75) is 24.2 Å². The molecule has 2 atom stereocenters. The van der Waals surface area contributed by atoms with E-state index in [1.54, 1.807) is 30.5 Å². The number of hydrogen-bond donors (Lipinski definition) is 3. The van der Waals surface area contributed by atoms with Gasteiger partial charge in [0.2, 0.25) is 0 Å². The molecule has 0 radical (unpaired) electrons. The number of pyridine rings is 1. The molecule has 0 spiro atoms. The summed E-state index contributed by atoms with van der Waals surface area (Å²) in [6.07, 6.45) is 1.14. The van der Waals surface area contributed by atoms with Crippen molar-refractivity contribution in [2.24, 2.45) is 0 Å². The second-order valence-corrected chi connectivity index (χ2v) is 11.2. The van der Waals surface area contributed by atoms with E-state index in [9.17, 15) is 23.4 Å². The summed E-state index contributed by atoms with van der Waals surface area (Å²) in [5, 5.41) is 28.2. The zero-order valence-electron chi connectivity index (χ0n) is 19.2. The molecule has 9 nitrogen and oxygen atoms in total. The maximum atomic E-state index is 12.6. The van der Waals surface area contributed by atoms with Gasteiger partial charge in [-0.2, -0.15) is 0 Å². The fraction of sp³-hybridized carbons (Fsp3) is 0.240. The zero-order valence-corrected chi connectivity index (χ0v) is 20.0. The van der Waals surface area contributed by atoms with Crippen molar-refractivity contribution < 1.29 is 27.9 Å². The van der Waals surface area contributed by atoms with Gasteiger partial charge in [0.15, 0.2) is 15.6 Å². The number of para-hydroxylation sites is 2. The lowest BCUT2D eigenvalue weighted by atomic mass is 9.99. The Bertz CT molecular complexity index is 1480. The van der Waals surface area contributed by atoms with Crippen LogP contribution in [0.5, 0.6) is 5.75 Å². The Hall–Kier alpha value is -3.76. The van der Waals surface area contributed by atoms with Crippen LogP contribution in [-0.4, -0.2) is 52.2 Å². The number of aliphatic hydroxyl groups excluding tert-OH is 1. The third-order valence-corrected chi connectivity index (χ3v) is 8.18. The summed E-state index contributed by atoms with van der Waals surface area (Å²) in [5.74, 6) is -0.745. The molecule has 0 saturated carbocycles. The molecule has 0 aliphatic carbocycles. The molecule has 0 saturated heterocycles. The van der Waals surface area contributed by atoms with E-state index in [-0.39, 0.29) is 30.0 Å². The van der Waals surface area contributed by atoms with Crippen molar-refractivity contribution in [1.82, 2.24) is 15.5 Å². The number of rotatable bonds is 8. The second-order valence-electron chi connectivity index (χ2n) is 8.63. The van der Waals surface area contributed by atoms with Crippen LogP contribution in [0, 0.1) is 0 Å². The topological polar surface area (TPSA) is 143 Å². The van der Waals surface area contributed by atoms with Crippen LogP contribution in [-0.2, 0) is 9.84 Å². The van der Waals surface area contributed by atoms with Gasteiger partial charge >= 0.3 is 0 Å². The van der Waals surface area contributed by atoms with Crippen LogP contribution >= 0.6 is 0 Å². The number of carbonyl (C=O) groups excluding carboxylic acids is 1. The number of aromatic hydroxyl groups is 1. The fourth-order valence-electron chi connectivity index (χ4n) is 3.78. The third kappa shape index (κ3) is 5.03. The van der Waals surface area contributed by atoms with Gasteiger partial charge in [-0.1, -0.05) is 35.5 Å². The van der Waals surface area contributed by atoms with Crippen molar-refractivity contribution >= 4 is 26.6 Å². The molecule has 10 heteroatoms. The van der Waals surface area contributed by atoms with Gasteiger partial charge in [-0.3, -0.25) is 9.78 Å². The van der Waals surface area contributed by atoms with E-state index in [4.69, 9.17) is 4.52 Å². The Balaban J connectivity index is 1.54. The first-order valence-electron chi connectivity index (χ1n) is 10.8. The predicted molar refractivity (Wildman–Crippen MR) is 131 cm³/mol. The summed E-state index contributed by atoms with van der Waals surface area (Å²) in [5.41, 5.74) is 2.04. The highest BCUT2D eigenvalue weighted by Crippen LogP contribution is 2.33. The van der Waals surface area contributed by atoms with Crippen molar-refractivity contribution in [1.29, 1.82) is 0 Å². The van der Waals surface area contributed by atoms with E-state index < -0.39 is 26.6 Å². The number of benzene rings is 2. The highest BCUT2D eigenvalue weighted by atomic mass is 32.2. The molecular formula is C25H25N3O6S. The van der Waals surface area contributed by atoms with Crippen LogP contribution in [0.15, 0.2) is 71.4 Å². The molecule has 2 unspecified atom stereocenters. The molecule has 35 heavy (non-hydrogen) atoms. The van der Waals surface area contributed by atoms with Crippen LogP contribution in [0.1, 0.15) is 35.6 Å². The second kappa shape index (κ2) is 9.47. The number of sulfone groups is 1. The van der Waals surface area contributed by atoms with Crippen molar-refractivity contribution in [2.75, 3.05) is 12.8 Å². The van der Waals surface area contributed by atoms with Gasteiger partial charge in [0.1, 0.15) is 17.5 Å². The van der Waals surface area contributed by atoms with E-state index >= 15 is 0 Å². The summed E-state index contributed by atoms with van der Waals surface area (Å²) < 4.78 is 29.1. The van der Waals surface area contributed by atoms with Gasteiger partial charge in [-0.05, 0) is 31.2 Å². The Labute approximate surface area is 202 Å². The summed E-state index contributed by atoms with van der Waals surface area (Å²) in [6, 6.07) is 16.8. The number of nitrogens with zero attached hydrogens (tertiary/aromatic N) is 2. The average Bonchev–Trinajstić information content (AvgIpc) is 3.32. The Morgan fingerprint density at radius 2 is 1.86 bits per heavy atom. The molecule has 4 aromatic rings. The van der Waals surface area contributed by atoms with Gasteiger partial charge in [0.05, 0.1) is 15.8 Å². The lowest BCUT2D eigenvalue weighted by molar-refractivity contribution is 0.0928. The molecule has 3 N–H and O–H groups in total. The maximum Gasteiger partial charge on any atom is 0.255 e. The summed E-state index contributed by atoms with van der Waals surface area (Å²) in [6.45, 7) is 1.15. The van der Waals surface area contributed by atoms with E-state index in [1.165, 1.54) is 19.1 Å². The number of phenolic OH excluding ortho intramolecular Hbond substituents is 1. The number of amides is 1. The highest BCUT2D eigenvalue weighted by molar-refractivity contribution is 7.92. The van der Waals surface area contributed by atoms with Crippen LogP contribution in [0.2, 0.25) is 0 Å². The molecule has 0 fully saturated rings. The number of aliphatic hydroxyl groups is 1. The Kier molecular flexibility index (Phi) is 6.60. The number of hydrogen-bond acceptors (Lipinski definition) is 8. The first-order chi connectivity index (χ1) is 16.6. The molecule has 0 bridgehead atoms. The number of fused-ring (bicyclic) bond motifs is 1. The lowest BCUT2D eigenvalue weighted by Crippen LogP contribution is -2.47. The molecule has 4 rings (SSSR count). The molecule has 0 aliphatic rings. The molecule has 2 aromatic carbocycles. The van der Waals surface area contributed by atoms with Crippen LogP contribution in [0.4, 0.5) is 0 Å². The van der Waals surface area contributed by atoms with Crippen molar-refractivity contribution in [3.8, 4) is 17.0 Å². The van der Waals surface area contributed by atoms with E-state index in [1.807, 2.05) is 24.3 Å². The fourth-order valence-corrected chi connectivity index (χ4v) is 4.58. The highest BCUT2D eigenvalue weighted by Gasteiger charge is 2.39. The first-order valence-corrected chi connectivity index (χ1v) is 12.7. The lowest BCUT2D eigenvalue weighted by Gasteiger charge is -2.29. The van der Waals surface area contributed by atoms with Gasteiger partial charge in [-0.15, -0.1) is 0 Å². The molecule has 2 aromatic heterocycles.